The van der Waals surface area contributed by atoms with Gasteiger partial charge in [0, 0.05) is 12.2 Å². The maximum absolute atomic E-state index is 12.5. The van der Waals surface area contributed by atoms with Crippen molar-refractivity contribution in [2.24, 2.45) is 11.8 Å². The molecule has 1 aliphatic carbocycles. The second-order valence-corrected chi connectivity index (χ2v) is 6.74. The van der Waals surface area contributed by atoms with Gasteiger partial charge in [-0.3, -0.25) is 9.59 Å². The summed E-state index contributed by atoms with van der Waals surface area (Å²) < 4.78 is 0. The number of hydrogen-bond donors (Lipinski definition) is 2. The second-order valence-electron chi connectivity index (χ2n) is 6.74. The quantitative estimate of drug-likeness (QED) is 0.791. The van der Waals surface area contributed by atoms with Crippen molar-refractivity contribution in [1.29, 1.82) is 0 Å². The zero-order valence-corrected chi connectivity index (χ0v) is 14.1. The largest absolute Gasteiger partial charge is 0.481 e. The monoisotopic (exact) mass is 318 g/mol. The summed E-state index contributed by atoms with van der Waals surface area (Å²) in [5, 5.41) is 12.3. The Bertz CT molecular complexity index is 578. The molecule has 5 heteroatoms. The Morgan fingerprint density at radius 1 is 1.30 bits per heavy atom. The lowest BCUT2D eigenvalue weighted by Crippen LogP contribution is -2.34. The summed E-state index contributed by atoms with van der Waals surface area (Å²) in [4.78, 5) is 26.1. The summed E-state index contributed by atoms with van der Waals surface area (Å²) in [5.74, 6) is -2.40. The molecule has 0 aromatic heterocycles. The average molecular weight is 318 g/mol. The molecule has 1 fully saturated rings. The number of carbonyl (C=O) groups is 2. The smallest absolute Gasteiger partial charge is 0.316 e. The second kappa shape index (κ2) is 7.59. The minimum absolute atomic E-state index is 0.0437. The number of aliphatic carboxylic acids is 1. The molecule has 5 nitrogen and oxygen atoms in total. The van der Waals surface area contributed by atoms with E-state index in [1.54, 1.807) is 0 Å². The maximum atomic E-state index is 12.5. The van der Waals surface area contributed by atoms with Gasteiger partial charge in [-0.1, -0.05) is 25.0 Å². The van der Waals surface area contributed by atoms with E-state index in [1.165, 1.54) is 0 Å². The van der Waals surface area contributed by atoms with Crippen LogP contribution in [0, 0.1) is 18.8 Å². The van der Waals surface area contributed by atoms with E-state index in [1.807, 2.05) is 39.2 Å². The molecule has 1 amide bonds. The molecule has 2 rings (SSSR count). The molecule has 1 aliphatic rings. The normalized spacial score (nSPS) is 16.5. The van der Waals surface area contributed by atoms with Gasteiger partial charge in [0.25, 0.3) is 0 Å². The molecule has 1 atom stereocenters. The van der Waals surface area contributed by atoms with Crippen molar-refractivity contribution in [2.75, 3.05) is 19.4 Å². The van der Waals surface area contributed by atoms with E-state index in [9.17, 15) is 14.7 Å². The minimum atomic E-state index is -1.02. The van der Waals surface area contributed by atoms with E-state index in [0.717, 1.165) is 43.4 Å². The highest BCUT2D eigenvalue weighted by molar-refractivity contribution is 6.04. The van der Waals surface area contributed by atoms with E-state index < -0.39 is 17.8 Å². The number of amides is 1. The lowest BCUT2D eigenvalue weighted by molar-refractivity contribution is -0.147. The van der Waals surface area contributed by atoms with Crippen LogP contribution in [-0.2, 0) is 16.1 Å². The number of aryl methyl sites for hydroxylation is 1. The molecule has 0 saturated heterocycles. The lowest BCUT2D eigenvalue weighted by atomic mass is 9.90. The molecule has 1 unspecified atom stereocenters. The first-order valence-corrected chi connectivity index (χ1v) is 8.16. The number of carboxylic acid groups (broad SMARTS) is 1. The van der Waals surface area contributed by atoms with Crippen molar-refractivity contribution in [3.8, 4) is 0 Å². The van der Waals surface area contributed by atoms with Crippen molar-refractivity contribution < 1.29 is 14.7 Å². The Labute approximate surface area is 137 Å². The fraction of sp³-hybridized carbons (Fsp3) is 0.556. The average Bonchev–Trinajstić information content (AvgIpc) is 2.95. The van der Waals surface area contributed by atoms with Crippen LogP contribution in [0.1, 0.15) is 36.8 Å². The van der Waals surface area contributed by atoms with Gasteiger partial charge in [0.2, 0.25) is 5.91 Å². The number of nitrogens with zero attached hydrogens (tertiary/aromatic N) is 1. The Hall–Kier alpha value is -1.88. The molecule has 1 aromatic carbocycles. The Morgan fingerprint density at radius 3 is 2.52 bits per heavy atom. The van der Waals surface area contributed by atoms with Crippen LogP contribution in [0.15, 0.2) is 18.2 Å². The fourth-order valence-corrected chi connectivity index (χ4v) is 3.30. The molecule has 0 radical (unpaired) electrons. The molecule has 126 valence electrons. The van der Waals surface area contributed by atoms with Crippen LogP contribution in [-0.4, -0.2) is 36.0 Å². The van der Waals surface area contributed by atoms with Crippen molar-refractivity contribution in [3.05, 3.63) is 29.3 Å². The van der Waals surface area contributed by atoms with E-state index in [4.69, 9.17) is 0 Å². The Morgan fingerprint density at radius 2 is 1.96 bits per heavy atom. The summed E-state index contributed by atoms with van der Waals surface area (Å²) in [6.07, 6.45) is 3.67. The third-order valence-electron chi connectivity index (χ3n) is 4.48. The topological polar surface area (TPSA) is 69.6 Å². The van der Waals surface area contributed by atoms with E-state index in [-0.39, 0.29) is 5.92 Å². The standard InChI is InChI=1S/C18H26N2O3/c1-12-8-9-13(11-20(2)3)10-15(12)19-17(21)16(18(22)23)14-6-4-5-7-14/h8-10,14,16H,4-7,11H2,1-3H3,(H,19,21)(H,22,23). The minimum Gasteiger partial charge on any atom is -0.481 e. The number of rotatable bonds is 6. The Kier molecular flexibility index (Phi) is 5.77. The van der Waals surface area contributed by atoms with Gasteiger partial charge >= 0.3 is 5.97 Å². The summed E-state index contributed by atoms with van der Waals surface area (Å²) in [5.41, 5.74) is 2.73. The van der Waals surface area contributed by atoms with Crippen molar-refractivity contribution in [2.45, 2.75) is 39.2 Å². The molecule has 0 spiro atoms. The van der Waals surface area contributed by atoms with Crippen LogP contribution in [0.4, 0.5) is 5.69 Å². The molecule has 2 N–H and O–H groups in total. The zero-order valence-electron chi connectivity index (χ0n) is 14.1. The van der Waals surface area contributed by atoms with Gasteiger partial charge in [0.15, 0.2) is 0 Å². The van der Waals surface area contributed by atoms with Crippen LogP contribution in [0.3, 0.4) is 0 Å². The highest BCUT2D eigenvalue weighted by Gasteiger charge is 2.36. The summed E-state index contributed by atoms with van der Waals surface area (Å²) in [6, 6.07) is 5.91. The highest BCUT2D eigenvalue weighted by atomic mass is 16.4. The molecule has 0 heterocycles. The van der Waals surface area contributed by atoms with E-state index in [0.29, 0.717) is 5.69 Å². The number of benzene rings is 1. The third kappa shape index (κ3) is 4.55. The first-order chi connectivity index (χ1) is 10.9. The summed E-state index contributed by atoms with van der Waals surface area (Å²) in [6.45, 7) is 2.69. The fourth-order valence-electron chi connectivity index (χ4n) is 3.30. The molecular formula is C18H26N2O3. The predicted molar refractivity (Wildman–Crippen MR) is 90.3 cm³/mol. The first-order valence-electron chi connectivity index (χ1n) is 8.16. The summed E-state index contributed by atoms with van der Waals surface area (Å²) >= 11 is 0. The highest BCUT2D eigenvalue weighted by Crippen LogP contribution is 2.32. The Balaban J connectivity index is 2.15. The van der Waals surface area contributed by atoms with Crippen LogP contribution < -0.4 is 5.32 Å². The van der Waals surface area contributed by atoms with Crippen LogP contribution >= 0.6 is 0 Å². The zero-order chi connectivity index (χ0) is 17.0. The van der Waals surface area contributed by atoms with Gasteiger partial charge in [0.05, 0.1) is 0 Å². The number of carbonyl (C=O) groups excluding carboxylic acids is 1. The van der Waals surface area contributed by atoms with Gasteiger partial charge in [-0.05, 0) is 57.0 Å². The first kappa shape index (κ1) is 17.5. The van der Waals surface area contributed by atoms with Crippen LogP contribution in [0.5, 0.6) is 0 Å². The van der Waals surface area contributed by atoms with Gasteiger partial charge in [0.1, 0.15) is 5.92 Å². The molecule has 23 heavy (non-hydrogen) atoms. The molecule has 0 bridgehead atoms. The molecular weight excluding hydrogens is 292 g/mol. The van der Waals surface area contributed by atoms with Crippen molar-refractivity contribution >= 4 is 17.6 Å². The number of anilines is 1. The van der Waals surface area contributed by atoms with Crippen LogP contribution in [0.2, 0.25) is 0 Å². The SMILES string of the molecule is Cc1ccc(CN(C)C)cc1NC(=O)C(C(=O)O)C1CCCC1. The maximum Gasteiger partial charge on any atom is 0.316 e. The number of hydrogen-bond acceptors (Lipinski definition) is 3. The van der Waals surface area contributed by atoms with Gasteiger partial charge in [-0.15, -0.1) is 0 Å². The van der Waals surface area contributed by atoms with Gasteiger partial charge in [-0.25, -0.2) is 0 Å². The van der Waals surface area contributed by atoms with Gasteiger partial charge < -0.3 is 15.3 Å². The third-order valence-corrected chi connectivity index (χ3v) is 4.48. The van der Waals surface area contributed by atoms with E-state index >= 15 is 0 Å². The molecule has 1 saturated carbocycles. The van der Waals surface area contributed by atoms with E-state index in [2.05, 4.69) is 10.2 Å². The summed E-state index contributed by atoms with van der Waals surface area (Å²) in [7, 11) is 3.97. The number of nitrogens with one attached hydrogen (secondary N) is 1. The van der Waals surface area contributed by atoms with Crippen molar-refractivity contribution in [1.82, 2.24) is 4.90 Å². The van der Waals surface area contributed by atoms with Crippen LogP contribution in [0.25, 0.3) is 0 Å². The van der Waals surface area contributed by atoms with Gasteiger partial charge in [-0.2, -0.15) is 0 Å². The molecule has 1 aromatic rings. The molecule has 0 aliphatic heterocycles. The van der Waals surface area contributed by atoms with Crippen molar-refractivity contribution in [3.63, 3.8) is 0 Å². The lowest BCUT2D eigenvalue weighted by Gasteiger charge is -2.20. The number of carboxylic acids is 1. The predicted octanol–water partition coefficient (Wildman–Crippen LogP) is 2.89.